The van der Waals surface area contributed by atoms with E-state index in [1.807, 2.05) is 26.0 Å². The zero-order valence-corrected chi connectivity index (χ0v) is 11.9. The van der Waals surface area contributed by atoms with Crippen LogP contribution in [0.3, 0.4) is 0 Å². The molecule has 0 saturated heterocycles. The zero-order valence-electron chi connectivity index (χ0n) is 11.9. The first kappa shape index (κ1) is 16.2. The summed E-state index contributed by atoms with van der Waals surface area (Å²) in [7, 11) is 0. The average molecular weight is 278 g/mol. The molecule has 5 nitrogen and oxygen atoms in total. The van der Waals surface area contributed by atoms with Crippen molar-refractivity contribution in [3.05, 3.63) is 29.8 Å². The Kier molecular flexibility index (Phi) is 6.18. The van der Waals surface area contributed by atoms with Crippen molar-refractivity contribution in [3.8, 4) is 0 Å². The van der Waals surface area contributed by atoms with E-state index in [0.717, 1.165) is 5.56 Å². The van der Waals surface area contributed by atoms with Crippen molar-refractivity contribution in [1.82, 2.24) is 0 Å². The third-order valence-corrected chi connectivity index (χ3v) is 2.91. The summed E-state index contributed by atoms with van der Waals surface area (Å²) in [5.41, 5.74) is 7.40. The maximum atomic E-state index is 11.8. The van der Waals surface area contributed by atoms with E-state index in [1.54, 1.807) is 12.1 Å². The van der Waals surface area contributed by atoms with E-state index in [1.165, 1.54) is 0 Å². The number of nitrogens with two attached hydrogens (primary N) is 1. The fourth-order valence-electron chi connectivity index (χ4n) is 1.86. The van der Waals surface area contributed by atoms with Crippen molar-refractivity contribution in [2.75, 3.05) is 5.32 Å². The number of aryl methyl sites for hydroxylation is 1. The maximum absolute atomic E-state index is 11.8. The fraction of sp³-hybridized carbons (Fsp3) is 0.467. The van der Waals surface area contributed by atoms with Crippen LogP contribution in [0.5, 0.6) is 0 Å². The summed E-state index contributed by atoms with van der Waals surface area (Å²) in [6, 6.07) is 6.63. The molecule has 0 aliphatic carbocycles. The topological polar surface area (TPSA) is 92.4 Å². The Morgan fingerprint density at radius 1 is 1.25 bits per heavy atom. The minimum atomic E-state index is -0.818. The van der Waals surface area contributed by atoms with Crippen LogP contribution in [0.1, 0.15) is 32.3 Å². The minimum absolute atomic E-state index is 0.102. The highest BCUT2D eigenvalue weighted by atomic mass is 16.4. The quantitative estimate of drug-likeness (QED) is 0.711. The molecule has 20 heavy (non-hydrogen) atoms. The summed E-state index contributed by atoms with van der Waals surface area (Å²) < 4.78 is 0. The van der Waals surface area contributed by atoms with Gasteiger partial charge in [-0.1, -0.05) is 26.0 Å². The number of amides is 1. The first-order valence-corrected chi connectivity index (χ1v) is 6.75. The highest BCUT2D eigenvalue weighted by Gasteiger charge is 2.14. The molecule has 0 fully saturated rings. The van der Waals surface area contributed by atoms with Crippen molar-refractivity contribution < 1.29 is 14.7 Å². The smallest absolute Gasteiger partial charge is 0.303 e. The normalized spacial score (nSPS) is 12.2. The van der Waals surface area contributed by atoms with Crippen LogP contribution in [0, 0.1) is 5.92 Å². The summed E-state index contributed by atoms with van der Waals surface area (Å²) >= 11 is 0. The number of benzene rings is 1. The largest absolute Gasteiger partial charge is 0.481 e. The molecule has 0 heterocycles. The number of carboxylic acid groups (broad SMARTS) is 1. The van der Waals surface area contributed by atoms with Crippen molar-refractivity contribution in [3.63, 3.8) is 0 Å². The molecule has 5 heteroatoms. The van der Waals surface area contributed by atoms with E-state index in [4.69, 9.17) is 10.8 Å². The Labute approximate surface area is 119 Å². The monoisotopic (exact) mass is 278 g/mol. The van der Waals surface area contributed by atoms with Gasteiger partial charge in [-0.2, -0.15) is 0 Å². The molecule has 110 valence electrons. The fourth-order valence-corrected chi connectivity index (χ4v) is 1.86. The van der Waals surface area contributed by atoms with Crippen LogP contribution in [0.2, 0.25) is 0 Å². The summed E-state index contributed by atoms with van der Waals surface area (Å²) in [4.78, 5) is 22.3. The van der Waals surface area contributed by atoms with Gasteiger partial charge in [0.2, 0.25) is 5.91 Å². The van der Waals surface area contributed by atoms with Crippen LogP contribution >= 0.6 is 0 Å². The standard InChI is InChI=1S/C15H22N2O3/c1-10(2)9-13(16)15(20)17-12-6-3-11(4-7-12)5-8-14(18)19/h3-4,6-7,10,13H,5,8-9,16H2,1-2H3,(H,17,20)(H,18,19)/t13-/m1/s1. The summed E-state index contributed by atoms with van der Waals surface area (Å²) in [5.74, 6) is -0.645. The van der Waals surface area contributed by atoms with E-state index in [9.17, 15) is 9.59 Å². The summed E-state index contributed by atoms with van der Waals surface area (Å²) in [5, 5.41) is 11.4. The number of anilines is 1. The SMILES string of the molecule is CC(C)C[C@@H](N)C(=O)Nc1ccc(CCC(=O)O)cc1. The van der Waals surface area contributed by atoms with Gasteiger partial charge in [0.25, 0.3) is 0 Å². The Hall–Kier alpha value is -1.88. The van der Waals surface area contributed by atoms with Gasteiger partial charge in [0.1, 0.15) is 0 Å². The average Bonchev–Trinajstić information content (AvgIpc) is 2.37. The third kappa shape index (κ3) is 5.84. The molecule has 0 saturated carbocycles. The van der Waals surface area contributed by atoms with Crippen molar-refractivity contribution in [2.24, 2.45) is 11.7 Å². The molecule has 1 rings (SSSR count). The lowest BCUT2D eigenvalue weighted by Crippen LogP contribution is -2.36. The van der Waals surface area contributed by atoms with Gasteiger partial charge in [0.15, 0.2) is 0 Å². The molecule has 1 amide bonds. The van der Waals surface area contributed by atoms with Gasteiger partial charge < -0.3 is 16.2 Å². The number of hydrogen-bond acceptors (Lipinski definition) is 3. The van der Waals surface area contributed by atoms with E-state index in [-0.39, 0.29) is 12.3 Å². The van der Waals surface area contributed by atoms with Gasteiger partial charge in [0, 0.05) is 12.1 Å². The number of carboxylic acids is 1. The number of hydrogen-bond donors (Lipinski definition) is 3. The number of carbonyl (C=O) groups is 2. The van der Waals surface area contributed by atoms with Crippen LogP contribution in [-0.4, -0.2) is 23.0 Å². The number of aliphatic carboxylic acids is 1. The lowest BCUT2D eigenvalue weighted by atomic mass is 10.0. The first-order valence-electron chi connectivity index (χ1n) is 6.75. The molecule has 0 spiro atoms. The number of rotatable bonds is 7. The second-order valence-electron chi connectivity index (χ2n) is 5.32. The van der Waals surface area contributed by atoms with Crippen LogP contribution in [0.25, 0.3) is 0 Å². The predicted octanol–water partition coefficient (Wildman–Crippen LogP) is 2.02. The second kappa shape index (κ2) is 7.65. The summed E-state index contributed by atoms with van der Waals surface area (Å²) in [6.45, 7) is 4.04. The molecule has 0 aliphatic heterocycles. The highest BCUT2D eigenvalue weighted by molar-refractivity contribution is 5.94. The predicted molar refractivity (Wildman–Crippen MR) is 78.5 cm³/mol. The zero-order chi connectivity index (χ0) is 15.1. The molecule has 0 aliphatic rings. The van der Waals surface area contributed by atoms with Crippen LogP contribution in [0.4, 0.5) is 5.69 Å². The Morgan fingerprint density at radius 3 is 2.35 bits per heavy atom. The van der Waals surface area contributed by atoms with Crippen LogP contribution in [-0.2, 0) is 16.0 Å². The first-order chi connectivity index (χ1) is 9.38. The lowest BCUT2D eigenvalue weighted by Gasteiger charge is -2.14. The molecule has 4 N–H and O–H groups in total. The minimum Gasteiger partial charge on any atom is -0.481 e. The van der Waals surface area contributed by atoms with Gasteiger partial charge >= 0.3 is 5.97 Å². The van der Waals surface area contributed by atoms with Gasteiger partial charge in [-0.15, -0.1) is 0 Å². The molecule has 0 bridgehead atoms. The van der Waals surface area contributed by atoms with E-state index < -0.39 is 12.0 Å². The van der Waals surface area contributed by atoms with E-state index >= 15 is 0 Å². The molecular formula is C15H22N2O3. The second-order valence-corrected chi connectivity index (χ2v) is 5.32. The molecule has 0 unspecified atom stereocenters. The molecule has 1 aromatic rings. The summed E-state index contributed by atoms with van der Waals surface area (Å²) in [6.07, 6.45) is 1.23. The van der Waals surface area contributed by atoms with E-state index in [2.05, 4.69) is 5.32 Å². The number of nitrogens with one attached hydrogen (secondary N) is 1. The third-order valence-electron chi connectivity index (χ3n) is 2.91. The van der Waals surface area contributed by atoms with Crippen molar-refractivity contribution in [1.29, 1.82) is 0 Å². The Morgan fingerprint density at radius 2 is 1.85 bits per heavy atom. The molecular weight excluding hydrogens is 256 g/mol. The molecule has 0 radical (unpaired) electrons. The van der Waals surface area contributed by atoms with Crippen LogP contribution in [0.15, 0.2) is 24.3 Å². The Bertz CT molecular complexity index is 455. The Balaban J connectivity index is 2.52. The number of carbonyl (C=O) groups excluding carboxylic acids is 1. The van der Waals surface area contributed by atoms with Gasteiger partial charge in [0.05, 0.1) is 6.04 Å². The van der Waals surface area contributed by atoms with Crippen molar-refractivity contribution >= 4 is 17.6 Å². The van der Waals surface area contributed by atoms with Crippen molar-refractivity contribution in [2.45, 2.75) is 39.2 Å². The van der Waals surface area contributed by atoms with Gasteiger partial charge in [-0.3, -0.25) is 9.59 Å². The van der Waals surface area contributed by atoms with Gasteiger partial charge in [-0.05, 0) is 36.5 Å². The van der Waals surface area contributed by atoms with E-state index in [0.29, 0.717) is 24.4 Å². The lowest BCUT2D eigenvalue weighted by molar-refractivity contribution is -0.137. The highest BCUT2D eigenvalue weighted by Crippen LogP contribution is 2.12. The molecule has 0 aromatic heterocycles. The molecule has 1 atom stereocenters. The van der Waals surface area contributed by atoms with Gasteiger partial charge in [-0.25, -0.2) is 0 Å². The maximum Gasteiger partial charge on any atom is 0.303 e. The van der Waals surface area contributed by atoms with Crippen LogP contribution < -0.4 is 11.1 Å². The molecule has 1 aromatic carbocycles.